The van der Waals surface area contributed by atoms with Gasteiger partial charge in [0.05, 0.1) is 0 Å². The van der Waals surface area contributed by atoms with Gasteiger partial charge in [0.1, 0.15) is 10.9 Å². The van der Waals surface area contributed by atoms with Gasteiger partial charge in [0.25, 0.3) is 10.0 Å². The summed E-state index contributed by atoms with van der Waals surface area (Å²) in [4.78, 5) is 15.0. The minimum atomic E-state index is -3.69. The Balaban J connectivity index is 1.23. The number of fused-ring (bicyclic) bond motifs is 2. The van der Waals surface area contributed by atoms with Crippen LogP contribution in [0.3, 0.4) is 0 Å². The van der Waals surface area contributed by atoms with Gasteiger partial charge in [-0.15, -0.1) is 4.40 Å². The van der Waals surface area contributed by atoms with Crippen molar-refractivity contribution in [1.82, 2.24) is 14.8 Å². The number of benzene rings is 2. The predicted molar refractivity (Wildman–Crippen MR) is 119 cm³/mol. The third-order valence-electron chi connectivity index (χ3n) is 6.00. The van der Waals surface area contributed by atoms with Crippen LogP contribution in [0.1, 0.15) is 24.8 Å². The molecular weight excluding hydrogens is 412 g/mol. The van der Waals surface area contributed by atoms with E-state index in [2.05, 4.69) is 38.7 Å². The molecule has 31 heavy (non-hydrogen) atoms. The molecule has 1 amide bonds. The molecule has 0 radical (unpaired) electrons. The molecule has 3 heterocycles. The van der Waals surface area contributed by atoms with Crippen LogP contribution in [0, 0.1) is 0 Å². The Morgan fingerprint density at radius 2 is 1.90 bits per heavy atom. The summed E-state index contributed by atoms with van der Waals surface area (Å²) in [5, 5.41) is 4.24. The van der Waals surface area contributed by atoms with Crippen LogP contribution in [0.2, 0.25) is 0 Å². The number of rotatable bonds is 5. The number of nitrogens with one attached hydrogen (secondary N) is 1. The molecule has 2 aromatic carbocycles. The van der Waals surface area contributed by atoms with Gasteiger partial charge < -0.3 is 14.8 Å². The van der Waals surface area contributed by atoms with E-state index in [-0.39, 0.29) is 10.8 Å². The molecule has 160 valence electrons. The Bertz CT molecular complexity index is 1280. The second-order valence-electron chi connectivity index (χ2n) is 7.95. The van der Waals surface area contributed by atoms with E-state index in [1.165, 1.54) is 10.9 Å². The second-order valence-corrected chi connectivity index (χ2v) is 9.52. The Morgan fingerprint density at radius 3 is 2.81 bits per heavy atom. The lowest BCUT2D eigenvalue weighted by molar-refractivity contribution is -0.124. The molecule has 1 saturated heterocycles. The molecule has 0 unspecified atom stereocenters. The number of aromatic nitrogens is 1. The molecular formula is C23H24N4O3S. The molecule has 8 heteroatoms. The van der Waals surface area contributed by atoms with Crippen molar-refractivity contribution in [1.29, 1.82) is 0 Å². The van der Waals surface area contributed by atoms with Crippen LogP contribution >= 0.6 is 0 Å². The Kier molecular flexibility index (Phi) is 5.02. The van der Waals surface area contributed by atoms with E-state index in [0.717, 1.165) is 19.4 Å². The summed E-state index contributed by atoms with van der Waals surface area (Å²) in [5.74, 6) is 0.325. The van der Waals surface area contributed by atoms with Crippen LogP contribution < -0.4 is 5.32 Å². The van der Waals surface area contributed by atoms with Crippen LogP contribution in [0.5, 0.6) is 0 Å². The first-order chi connectivity index (χ1) is 15.0. The molecule has 1 fully saturated rings. The van der Waals surface area contributed by atoms with Crippen molar-refractivity contribution in [2.75, 3.05) is 13.1 Å². The first-order valence-corrected chi connectivity index (χ1v) is 12.0. The minimum absolute atomic E-state index is 0.0701. The Morgan fingerprint density at radius 1 is 1.10 bits per heavy atom. The molecule has 1 atom stereocenters. The van der Waals surface area contributed by atoms with E-state index in [9.17, 15) is 13.2 Å². The summed E-state index contributed by atoms with van der Waals surface area (Å²) in [5.41, 5.74) is 1.77. The molecule has 1 N–H and O–H groups in total. The van der Waals surface area contributed by atoms with Crippen LogP contribution in [-0.4, -0.2) is 48.8 Å². The fourth-order valence-electron chi connectivity index (χ4n) is 4.50. The number of amidine groups is 1. The van der Waals surface area contributed by atoms with Gasteiger partial charge in [-0.1, -0.05) is 30.3 Å². The highest BCUT2D eigenvalue weighted by atomic mass is 32.2. The Labute approximate surface area is 181 Å². The van der Waals surface area contributed by atoms with E-state index in [1.54, 1.807) is 24.3 Å². The number of amides is 1. The van der Waals surface area contributed by atoms with Gasteiger partial charge in [-0.3, -0.25) is 4.79 Å². The van der Waals surface area contributed by atoms with Gasteiger partial charge in [0.15, 0.2) is 5.84 Å². The number of likely N-dealkylation sites (tertiary alicyclic amines) is 1. The molecule has 0 saturated carbocycles. The number of carbonyl (C=O) groups is 1. The second kappa shape index (κ2) is 7.85. The largest absolute Gasteiger partial charge is 0.354 e. The maximum absolute atomic E-state index is 12.9. The smallest absolute Gasteiger partial charge is 0.285 e. The number of para-hydroxylation sites is 1. The normalized spacial score (nSPS) is 19.4. The van der Waals surface area contributed by atoms with Crippen molar-refractivity contribution in [2.45, 2.75) is 36.7 Å². The zero-order chi connectivity index (χ0) is 21.4. The van der Waals surface area contributed by atoms with Crippen molar-refractivity contribution in [2.24, 2.45) is 4.40 Å². The molecule has 5 rings (SSSR count). The average molecular weight is 437 g/mol. The summed E-state index contributed by atoms with van der Waals surface area (Å²) in [6.45, 7) is 2.01. The lowest BCUT2D eigenvalue weighted by Gasteiger charge is -2.25. The van der Waals surface area contributed by atoms with Crippen molar-refractivity contribution < 1.29 is 13.2 Å². The van der Waals surface area contributed by atoms with Gasteiger partial charge >= 0.3 is 0 Å². The standard InChI is InChI=1S/C23H24N4O3S/c28-23(24-13-6-14-26-16-12-17-7-1-3-9-19(17)26)20-10-5-15-27(20)22-18-8-2-4-11-21(18)31(29,30)25-22/h1-4,7-9,11-12,16,20H,5-6,10,13-15H2,(H,24,28)/t20-/m0/s1. The van der Waals surface area contributed by atoms with Gasteiger partial charge in [-0.25, -0.2) is 0 Å². The van der Waals surface area contributed by atoms with Gasteiger partial charge in [-0.05, 0) is 48.9 Å². The van der Waals surface area contributed by atoms with Crippen molar-refractivity contribution >= 4 is 32.7 Å². The van der Waals surface area contributed by atoms with E-state index in [1.807, 2.05) is 17.0 Å². The molecule has 2 aliphatic heterocycles. The molecule has 3 aromatic rings. The zero-order valence-corrected chi connectivity index (χ0v) is 17.9. The van der Waals surface area contributed by atoms with Crippen molar-refractivity contribution in [3.05, 3.63) is 66.4 Å². The number of sulfonamides is 1. The van der Waals surface area contributed by atoms with E-state index < -0.39 is 16.1 Å². The molecule has 2 aliphatic rings. The van der Waals surface area contributed by atoms with Crippen LogP contribution in [0.25, 0.3) is 10.9 Å². The highest BCUT2D eigenvalue weighted by Gasteiger charge is 2.39. The van der Waals surface area contributed by atoms with Crippen LogP contribution in [0.4, 0.5) is 0 Å². The van der Waals surface area contributed by atoms with E-state index in [0.29, 0.717) is 30.9 Å². The highest BCUT2D eigenvalue weighted by molar-refractivity contribution is 7.90. The highest BCUT2D eigenvalue weighted by Crippen LogP contribution is 2.31. The molecule has 7 nitrogen and oxygen atoms in total. The minimum Gasteiger partial charge on any atom is -0.354 e. The van der Waals surface area contributed by atoms with E-state index >= 15 is 0 Å². The molecule has 0 aliphatic carbocycles. The maximum Gasteiger partial charge on any atom is 0.285 e. The lowest BCUT2D eigenvalue weighted by atomic mass is 10.1. The van der Waals surface area contributed by atoms with Crippen LogP contribution in [0.15, 0.2) is 70.1 Å². The number of aryl methyl sites for hydroxylation is 1. The Hall–Kier alpha value is -3.13. The number of hydrogen-bond acceptors (Lipinski definition) is 4. The maximum atomic E-state index is 12.9. The van der Waals surface area contributed by atoms with Crippen molar-refractivity contribution in [3.8, 4) is 0 Å². The summed E-state index contributed by atoms with van der Waals surface area (Å²) >= 11 is 0. The number of nitrogens with zero attached hydrogens (tertiary/aromatic N) is 3. The number of hydrogen-bond donors (Lipinski definition) is 1. The quantitative estimate of drug-likeness (QED) is 0.624. The van der Waals surface area contributed by atoms with Gasteiger partial charge in [0.2, 0.25) is 5.91 Å². The SMILES string of the molecule is O=C(NCCCn1ccc2ccccc21)[C@@H]1CCCN1C1=NS(=O)(=O)c2ccccc21. The molecule has 0 bridgehead atoms. The van der Waals surface area contributed by atoms with E-state index in [4.69, 9.17) is 0 Å². The average Bonchev–Trinajstić information content (AvgIpc) is 3.48. The van der Waals surface area contributed by atoms with Crippen molar-refractivity contribution in [3.63, 3.8) is 0 Å². The molecule has 0 spiro atoms. The summed E-state index contributed by atoms with van der Waals surface area (Å²) in [6, 6.07) is 16.8. The van der Waals surface area contributed by atoms with Gasteiger partial charge in [0, 0.05) is 36.9 Å². The predicted octanol–water partition coefficient (Wildman–Crippen LogP) is 2.76. The van der Waals surface area contributed by atoms with Crippen LogP contribution in [-0.2, 0) is 21.4 Å². The lowest BCUT2D eigenvalue weighted by Crippen LogP contribution is -2.46. The number of carbonyl (C=O) groups excluding carboxylic acids is 1. The first kappa shape index (κ1) is 19.8. The zero-order valence-electron chi connectivity index (χ0n) is 17.1. The van der Waals surface area contributed by atoms with Gasteiger partial charge in [-0.2, -0.15) is 8.42 Å². The fraction of sp³-hybridized carbons (Fsp3) is 0.304. The fourth-order valence-corrected chi connectivity index (χ4v) is 5.72. The summed E-state index contributed by atoms with van der Waals surface area (Å²) < 4.78 is 31.0. The third-order valence-corrected chi connectivity index (χ3v) is 7.32. The summed E-state index contributed by atoms with van der Waals surface area (Å²) in [7, 11) is -3.69. The molecule has 1 aromatic heterocycles. The first-order valence-electron chi connectivity index (χ1n) is 10.6. The monoisotopic (exact) mass is 436 g/mol. The topological polar surface area (TPSA) is 83.8 Å². The third kappa shape index (κ3) is 3.61. The summed E-state index contributed by atoms with van der Waals surface area (Å²) in [6.07, 6.45) is 4.40.